The van der Waals surface area contributed by atoms with Crippen molar-refractivity contribution in [2.24, 2.45) is 7.05 Å². The van der Waals surface area contributed by atoms with E-state index >= 15 is 0 Å². The molecule has 0 aliphatic heterocycles. The summed E-state index contributed by atoms with van der Waals surface area (Å²) in [5, 5.41) is 7.62. The van der Waals surface area contributed by atoms with Crippen LogP contribution in [0.5, 0.6) is 0 Å². The lowest BCUT2D eigenvalue weighted by molar-refractivity contribution is 0.470. The zero-order valence-corrected chi connectivity index (χ0v) is 11.3. The smallest absolute Gasteiger partial charge is 0.0537 e. The Hall–Kier alpha value is -0.680. The Morgan fingerprint density at radius 3 is 2.75 bits per heavy atom. The molecule has 5 heteroatoms. The van der Waals surface area contributed by atoms with Crippen molar-refractivity contribution in [3.05, 3.63) is 18.0 Å². The fourth-order valence-corrected chi connectivity index (χ4v) is 2.30. The van der Waals surface area contributed by atoms with E-state index < -0.39 is 10.8 Å². The van der Waals surface area contributed by atoms with E-state index in [9.17, 15) is 4.21 Å². The normalized spacial score (nSPS) is 17.0. The van der Waals surface area contributed by atoms with Gasteiger partial charge < -0.3 is 5.32 Å². The van der Waals surface area contributed by atoms with Crippen LogP contribution >= 0.6 is 0 Å². The lowest BCUT2D eigenvalue weighted by atomic mass is 10.1. The third-order valence-electron chi connectivity index (χ3n) is 2.60. The summed E-state index contributed by atoms with van der Waals surface area (Å²) < 4.78 is 12.8. The molecule has 0 aliphatic carbocycles. The maximum atomic E-state index is 11.0. The highest BCUT2D eigenvalue weighted by Gasteiger charge is 2.11. The molecule has 1 heterocycles. The number of hydrogen-bond acceptors (Lipinski definition) is 3. The van der Waals surface area contributed by atoms with Gasteiger partial charge in [-0.2, -0.15) is 5.10 Å². The molecule has 0 radical (unpaired) electrons. The van der Waals surface area contributed by atoms with Crippen LogP contribution in [0.15, 0.2) is 12.4 Å². The monoisotopic (exact) mass is 243 g/mol. The molecule has 1 rings (SSSR count). The second-order valence-electron chi connectivity index (χ2n) is 4.30. The van der Waals surface area contributed by atoms with Crippen LogP contribution in [0.3, 0.4) is 0 Å². The minimum Gasteiger partial charge on any atom is -0.308 e. The van der Waals surface area contributed by atoms with Crippen molar-refractivity contribution >= 4 is 10.8 Å². The van der Waals surface area contributed by atoms with Crippen LogP contribution in [-0.4, -0.2) is 32.0 Å². The molecule has 0 spiro atoms. The maximum absolute atomic E-state index is 11.0. The molecule has 0 amide bonds. The van der Waals surface area contributed by atoms with Gasteiger partial charge in [0.25, 0.3) is 0 Å². The Labute approximate surface area is 99.9 Å². The summed E-state index contributed by atoms with van der Waals surface area (Å²) >= 11 is 0. The molecule has 0 saturated heterocycles. The summed E-state index contributed by atoms with van der Waals surface area (Å²) in [7, 11) is 1.22. The molecule has 0 aliphatic rings. The average molecular weight is 243 g/mol. The van der Waals surface area contributed by atoms with Crippen molar-refractivity contribution in [3.63, 3.8) is 0 Å². The van der Waals surface area contributed by atoms with Crippen LogP contribution in [0.4, 0.5) is 0 Å². The molecular formula is C11H21N3OS. The van der Waals surface area contributed by atoms with E-state index in [0.717, 1.165) is 12.2 Å². The number of nitrogens with one attached hydrogen (secondary N) is 1. The molecule has 1 N–H and O–H groups in total. The van der Waals surface area contributed by atoms with Crippen LogP contribution in [0.1, 0.15) is 31.9 Å². The minimum atomic E-state index is -0.698. The van der Waals surface area contributed by atoms with E-state index in [1.165, 1.54) is 5.56 Å². The summed E-state index contributed by atoms with van der Waals surface area (Å²) in [6, 6.07) is 0.660. The fraction of sp³-hybridized carbons (Fsp3) is 0.727. The second kappa shape index (κ2) is 6.15. The molecule has 1 aromatic heterocycles. The standard InChI is InChI=1S/C11H21N3OS/c1-9(5-6-16(4)15)13-10(2)11-7-12-14(3)8-11/h7-10,13H,5-6H2,1-4H3. The summed E-state index contributed by atoms with van der Waals surface area (Å²) in [6.45, 7) is 4.25. The lowest BCUT2D eigenvalue weighted by Crippen LogP contribution is -2.30. The van der Waals surface area contributed by atoms with Crippen LogP contribution in [0.25, 0.3) is 0 Å². The Morgan fingerprint density at radius 2 is 2.25 bits per heavy atom. The van der Waals surface area contributed by atoms with Gasteiger partial charge in [-0.15, -0.1) is 0 Å². The van der Waals surface area contributed by atoms with E-state index in [1.54, 1.807) is 10.9 Å². The summed E-state index contributed by atoms with van der Waals surface area (Å²) in [4.78, 5) is 0. The molecular weight excluding hydrogens is 222 g/mol. The molecule has 16 heavy (non-hydrogen) atoms. The van der Waals surface area contributed by atoms with Crippen molar-refractivity contribution < 1.29 is 4.21 Å². The number of hydrogen-bond donors (Lipinski definition) is 1. The molecule has 3 unspecified atom stereocenters. The molecule has 4 nitrogen and oxygen atoms in total. The quantitative estimate of drug-likeness (QED) is 0.817. The Bertz CT molecular complexity index is 351. The van der Waals surface area contributed by atoms with E-state index in [2.05, 4.69) is 24.3 Å². The summed E-state index contributed by atoms with van der Waals surface area (Å²) in [5.41, 5.74) is 1.19. The molecule has 1 aromatic rings. The molecule has 92 valence electrons. The Balaban J connectivity index is 2.39. The van der Waals surface area contributed by atoms with Gasteiger partial charge in [-0.3, -0.25) is 8.89 Å². The van der Waals surface area contributed by atoms with Gasteiger partial charge in [-0.25, -0.2) is 0 Å². The van der Waals surface area contributed by atoms with Crippen molar-refractivity contribution in [2.75, 3.05) is 12.0 Å². The van der Waals surface area contributed by atoms with Gasteiger partial charge in [-0.05, 0) is 20.3 Å². The third kappa shape index (κ3) is 4.45. The number of aryl methyl sites for hydroxylation is 1. The zero-order valence-electron chi connectivity index (χ0n) is 10.4. The highest BCUT2D eigenvalue weighted by molar-refractivity contribution is 7.84. The third-order valence-corrected chi connectivity index (χ3v) is 3.41. The van der Waals surface area contributed by atoms with Crippen molar-refractivity contribution in [3.8, 4) is 0 Å². The molecule has 0 aromatic carbocycles. The van der Waals surface area contributed by atoms with Gasteiger partial charge in [0.15, 0.2) is 0 Å². The molecule has 0 bridgehead atoms. The Morgan fingerprint density at radius 1 is 1.56 bits per heavy atom. The van der Waals surface area contributed by atoms with E-state index in [4.69, 9.17) is 0 Å². The first kappa shape index (κ1) is 13.4. The van der Waals surface area contributed by atoms with E-state index in [1.807, 2.05) is 19.4 Å². The SMILES string of the molecule is CC(CCS(C)=O)NC(C)c1cnn(C)c1. The number of nitrogens with zero attached hydrogens (tertiary/aromatic N) is 2. The van der Waals surface area contributed by atoms with Crippen LogP contribution in [0.2, 0.25) is 0 Å². The lowest BCUT2D eigenvalue weighted by Gasteiger charge is -2.18. The maximum Gasteiger partial charge on any atom is 0.0537 e. The highest BCUT2D eigenvalue weighted by Crippen LogP contribution is 2.11. The zero-order chi connectivity index (χ0) is 12.1. The van der Waals surface area contributed by atoms with Gasteiger partial charge in [0, 0.05) is 53.7 Å². The van der Waals surface area contributed by atoms with E-state index in [0.29, 0.717) is 6.04 Å². The first-order valence-electron chi connectivity index (χ1n) is 5.53. The van der Waals surface area contributed by atoms with Crippen molar-refractivity contribution in [1.29, 1.82) is 0 Å². The van der Waals surface area contributed by atoms with Crippen molar-refractivity contribution in [1.82, 2.24) is 15.1 Å². The first-order chi connectivity index (χ1) is 7.49. The number of rotatable bonds is 6. The van der Waals surface area contributed by atoms with Gasteiger partial charge in [0.05, 0.1) is 6.20 Å². The first-order valence-corrected chi connectivity index (χ1v) is 7.26. The van der Waals surface area contributed by atoms with Gasteiger partial charge in [-0.1, -0.05) is 0 Å². The largest absolute Gasteiger partial charge is 0.308 e. The topological polar surface area (TPSA) is 46.9 Å². The van der Waals surface area contributed by atoms with Gasteiger partial charge >= 0.3 is 0 Å². The highest BCUT2D eigenvalue weighted by atomic mass is 32.2. The van der Waals surface area contributed by atoms with Crippen LogP contribution in [-0.2, 0) is 17.8 Å². The molecule has 3 atom stereocenters. The molecule has 0 saturated carbocycles. The van der Waals surface area contributed by atoms with Gasteiger partial charge in [0.1, 0.15) is 0 Å². The van der Waals surface area contributed by atoms with Crippen LogP contribution in [0, 0.1) is 0 Å². The number of aromatic nitrogens is 2. The second-order valence-corrected chi connectivity index (χ2v) is 5.86. The van der Waals surface area contributed by atoms with Gasteiger partial charge in [0.2, 0.25) is 0 Å². The minimum absolute atomic E-state index is 0.286. The fourth-order valence-electron chi connectivity index (χ4n) is 1.61. The van der Waals surface area contributed by atoms with Crippen molar-refractivity contribution in [2.45, 2.75) is 32.4 Å². The summed E-state index contributed by atoms with van der Waals surface area (Å²) in [5.74, 6) is 0.758. The Kier molecular flexibility index (Phi) is 5.15. The summed E-state index contributed by atoms with van der Waals surface area (Å²) in [6.07, 6.45) is 6.58. The molecule has 0 fully saturated rings. The predicted molar refractivity (Wildman–Crippen MR) is 67.8 cm³/mol. The predicted octanol–water partition coefficient (Wildman–Crippen LogP) is 1.23. The van der Waals surface area contributed by atoms with E-state index in [-0.39, 0.29) is 6.04 Å². The average Bonchev–Trinajstić information content (AvgIpc) is 2.62. The van der Waals surface area contributed by atoms with Crippen LogP contribution < -0.4 is 5.32 Å².